The second kappa shape index (κ2) is 9.10. The molecule has 0 bridgehead atoms. The Bertz CT molecular complexity index is 1190. The Labute approximate surface area is 188 Å². The lowest BCUT2D eigenvalue weighted by Gasteiger charge is -2.31. The molecule has 4 rings (SSSR count). The quantitative estimate of drug-likeness (QED) is 0.523. The number of carbonyl (C=O) groups is 1. The van der Waals surface area contributed by atoms with E-state index in [2.05, 4.69) is 4.98 Å². The summed E-state index contributed by atoms with van der Waals surface area (Å²) >= 11 is 7.09. The highest BCUT2D eigenvalue weighted by atomic mass is 35.5. The Morgan fingerprint density at radius 2 is 1.90 bits per heavy atom. The van der Waals surface area contributed by atoms with Gasteiger partial charge in [0.2, 0.25) is 5.91 Å². The molecule has 1 amide bonds. The van der Waals surface area contributed by atoms with Crippen molar-refractivity contribution in [1.29, 1.82) is 0 Å². The summed E-state index contributed by atoms with van der Waals surface area (Å²) in [4.78, 5) is 18.7. The Morgan fingerprint density at radius 1 is 1.19 bits per heavy atom. The van der Waals surface area contributed by atoms with Gasteiger partial charge in [-0.15, -0.1) is 0 Å². The minimum absolute atomic E-state index is 0.0695. The van der Waals surface area contributed by atoms with Crippen molar-refractivity contribution in [2.24, 2.45) is 0 Å². The Kier molecular flexibility index (Phi) is 6.45. The maximum absolute atomic E-state index is 13.3. The molecule has 164 valence electrons. The first kappa shape index (κ1) is 22.0. The molecular weight excluding hydrogens is 463 g/mol. The van der Waals surface area contributed by atoms with Gasteiger partial charge in [0.05, 0.1) is 20.9 Å². The lowest BCUT2D eigenvalue weighted by atomic mass is 10.1. The largest absolute Gasteiger partial charge is 0.467 e. The molecule has 0 radical (unpaired) electrons. The van der Waals surface area contributed by atoms with Crippen LogP contribution in [0.2, 0.25) is 5.02 Å². The summed E-state index contributed by atoms with van der Waals surface area (Å²) in [6, 6.07) is 10.3. The fraction of sp³-hybridized carbons (Fsp3) is 0.333. The number of carbonyl (C=O) groups excluding carboxylic acids is 1. The normalized spacial score (nSPS) is 15.4. The van der Waals surface area contributed by atoms with Crippen LogP contribution < -0.4 is 4.74 Å². The van der Waals surface area contributed by atoms with Gasteiger partial charge in [0.25, 0.3) is 5.19 Å². The molecule has 0 N–H and O–H groups in total. The SMILES string of the molecule is O=C(CCS(=O)(=O)c1ccc(Cl)cc1)N1CCC(Oc2nc3ccc(F)cc3s2)CC1. The third-order valence-corrected chi connectivity index (χ3v) is 8.04. The van der Waals surface area contributed by atoms with Gasteiger partial charge in [-0.1, -0.05) is 22.9 Å². The summed E-state index contributed by atoms with van der Waals surface area (Å²) in [5.41, 5.74) is 0.691. The van der Waals surface area contributed by atoms with Crippen molar-refractivity contribution in [3.8, 4) is 5.19 Å². The predicted molar refractivity (Wildman–Crippen MR) is 118 cm³/mol. The average Bonchev–Trinajstić information content (AvgIpc) is 3.14. The second-order valence-corrected chi connectivity index (χ2v) is 10.9. The van der Waals surface area contributed by atoms with Crippen LogP contribution >= 0.6 is 22.9 Å². The summed E-state index contributed by atoms with van der Waals surface area (Å²) in [7, 11) is -3.54. The van der Waals surface area contributed by atoms with Crippen LogP contribution in [0.3, 0.4) is 0 Å². The van der Waals surface area contributed by atoms with E-state index in [0.29, 0.717) is 41.7 Å². The minimum Gasteiger partial charge on any atom is -0.467 e. The second-order valence-electron chi connectivity index (χ2n) is 7.31. The van der Waals surface area contributed by atoms with Crippen LogP contribution in [0.15, 0.2) is 47.4 Å². The lowest BCUT2D eigenvalue weighted by Crippen LogP contribution is -2.42. The minimum atomic E-state index is -3.54. The fourth-order valence-electron chi connectivity index (χ4n) is 3.43. The van der Waals surface area contributed by atoms with E-state index in [4.69, 9.17) is 16.3 Å². The van der Waals surface area contributed by atoms with Crippen LogP contribution in [0.5, 0.6) is 5.19 Å². The number of sulfone groups is 1. The predicted octanol–water partition coefficient (Wildman–Crippen LogP) is 4.32. The first-order valence-corrected chi connectivity index (χ1v) is 12.6. The van der Waals surface area contributed by atoms with Crippen molar-refractivity contribution in [3.05, 3.63) is 53.3 Å². The molecule has 1 aliphatic heterocycles. The zero-order chi connectivity index (χ0) is 22.0. The van der Waals surface area contributed by atoms with Gasteiger partial charge in [0.1, 0.15) is 11.9 Å². The molecule has 0 saturated carbocycles. The highest BCUT2D eigenvalue weighted by Gasteiger charge is 2.26. The molecule has 1 saturated heterocycles. The van der Waals surface area contributed by atoms with Crippen LogP contribution in [0.4, 0.5) is 4.39 Å². The van der Waals surface area contributed by atoms with Gasteiger partial charge in [-0.25, -0.2) is 17.8 Å². The zero-order valence-corrected chi connectivity index (χ0v) is 18.9. The number of rotatable bonds is 6. The molecule has 2 aromatic carbocycles. The van der Waals surface area contributed by atoms with E-state index >= 15 is 0 Å². The highest BCUT2D eigenvalue weighted by Crippen LogP contribution is 2.30. The summed E-state index contributed by atoms with van der Waals surface area (Å²) in [6.07, 6.45) is 1.09. The molecule has 3 aromatic rings. The Balaban J connectivity index is 1.27. The molecule has 31 heavy (non-hydrogen) atoms. The van der Waals surface area contributed by atoms with Crippen molar-refractivity contribution < 1.29 is 22.3 Å². The zero-order valence-electron chi connectivity index (χ0n) is 16.5. The average molecular weight is 483 g/mol. The number of aromatic nitrogens is 1. The van der Waals surface area contributed by atoms with E-state index in [0.717, 1.165) is 4.70 Å². The molecule has 6 nitrogen and oxygen atoms in total. The number of ether oxygens (including phenoxy) is 1. The molecule has 10 heteroatoms. The molecule has 1 aromatic heterocycles. The molecule has 0 atom stereocenters. The number of likely N-dealkylation sites (tertiary alicyclic amines) is 1. The van der Waals surface area contributed by atoms with Crippen LogP contribution in [0, 0.1) is 5.82 Å². The van der Waals surface area contributed by atoms with E-state index in [1.165, 1.54) is 47.7 Å². The first-order valence-electron chi connectivity index (χ1n) is 9.79. The van der Waals surface area contributed by atoms with Gasteiger partial charge in [-0.3, -0.25) is 4.79 Å². The summed E-state index contributed by atoms with van der Waals surface area (Å²) in [5, 5.41) is 0.942. The number of hydrogen-bond donors (Lipinski definition) is 0. The number of thiazole rings is 1. The van der Waals surface area contributed by atoms with Gasteiger partial charge >= 0.3 is 0 Å². The van der Waals surface area contributed by atoms with Gasteiger partial charge in [-0.05, 0) is 42.5 Å². The standard InChI is InChI=1S/C21H20ClFN2O4S2/c22-14-1-4-17(5-2-14)31(27,28)12-9-20(26)25-10-7-16(8-11-25)29-21-24-18-6-3-15(23)13-19(18)30-21/h1-6,13,16H,7-12H2. The molecule has 0 spiro atoms. The third kappa shape index (κ3) is 5.34. The molecule has 1 aliphatic rings. The maximum Gasteiger partial charge on any atom is 0.274 e. The molecule has 0 unspecified atom stereocenters. The molecular formula is C21H20ClFN2O4S2. The number of benzene rings is 2. The summed E-state index contributed by atoms with van der Waals surface area (Å²) in [6.45, 7) is 0.980. The van der Waals surface area contributed by atoms with E-state index in [1.807, 2.05) is 0 Å². The van der Waals surface area contributed by atoms with Gasteiger partial charge in [-0.2, -0.15) is 0 Å². The maximum atomic E-state index is 13.3. The number of nitrogens with zero attached hydrogens (tertiary/aromatic N) is 2. The highest BCUT2D eigenvalue weighted by molar-refractivity contribution is 7.91. The van der Waals surface area contributed by atoms with Gasteiger partial charge in [0, 0.05) is 37.4 Å². The lowest BCUT2D eigenvalue weighted by molar-refractivity contribution is -0.132. The number of hydrogen-bond acceptors (Lipinski definition) is 6. The smallest absolute Gasteiger partial charge is 0.274 e. The number of amides is 1. The Morgan fingerprint density at radius 3 is 2.61 bits per heavy atom. The Hall–Kier alpha value is -2.23. The van der Waals surface area contributed by atoms with Crippen molar-refractivity contribution in [2.45, 2.75) is 30.3 Å². The number of halogens is 2. The van der Waals surface area contributed by atoms with E-state index in [1.54, 1.807) is 11.0 Å². The van der Waals surface area contributed by atoms with Crippen LogP contribution in [-0.4, -0.2) is 49.2 Å². The molecule has 1 fully saturated rings. The summed E-state index contributed by atoms with van der Waals surface area (Å²) in [5.74, 6) is -0.745. The third-order valence-electron chi connectivity index (χ3n) is 5.15. The fourth-order valence-corrected chi connectivity index (χ4v) is 5.69. The van der Waals surface area contributed by atoms with Crippen LogP contribution in [-0.2, 0) is 14.6 Å². The summed E-state index contributed by atoms with van der Waals surface area (Å²) < 4.78 is 44.8. The topological polar surface area (TPSA) is 76.6 Å². The van der Waals surface area contributed by atoms with E-state index in [9.17, 15) is 17.6 Å². The molecule has 0 aliphatic carbocycles. The van der Waals surface area contributed by atoms with E-state index < -0.39 is 9.84 Å². The van der Waals surface area contributed by atoms with Crippen molar-refractivity contribution in [2.75, 3.05) is 18.8 Å². The van der Waals surface area contributed by atoms with Crippen molar-refractivity contribution in [3.63, 3.8) is 0 Å². The first-order chi connectivity index (χ1) is 14.8. The van der Waals surface area contributed by atoms with Gasteiger partial charge < -0.3 is 9.64 Å². The number of piperidine rings is 1. The number of fused-ring (bicyclic) bond motifs is 1. The van der Waals surface area contributed by atoms with Crippen molar-refractivity contribution in [1.82, 2.24) is 9.88 Å². The van der Waals surface area contributed by atoms with Crippen LogP contribution in [0.1, 0.15) is 19.3 Å². The van der Waals surface area contributed by atoms with Gasteiger partial charge in [0.15, 0.2) is 9.84 Å². The van der Waals surface area contributed by atoms with Crippen LogP contribution in [0.25, 0.3) is 10.2 Å². The van der Waals surface area contributed by atoms with Crippen molar-refractivity contribution >= 4 is 48.9 Å². The molecule has 2 heterocycles. The monoisotopic (exact) mass is 482 g/mol. The van der Waals surface area contributed by atoms with E-state index in [-0.39, 0.29) is 34.9 Å².